The molecule has 2 saturated heterocycles. The molecule has 0 aromatic carbocycles. The number of carbonyl (C=O) groups is 14. The number of aliphatic carboxylic acids is 1. The van der Waals surface area contributed by atoms with E-state index in [2.05, 4.69) is 88.4 Å². The summed E-state index contributed by atoms with van der Waals surface area (Å²) < 4.78 is 0. The van der Waals surface area contributed by atoms with Crippen LogP contribution in [0.25, 0.3) is 0 Å². The molecule has 33 nitrogen and oxygen atoms in total. The first-order valence-electron chi connectivity index (χ1n) is 30.8. The molecule has 3 heterocycles. The number of rotatable bonds is 38. The average molecular weight is 1340 g/mol. The highest BCUT2D eigenvalue weighted by molar-refractivity contribution is 7.80. The van der Waals surface area contributed by atoms with Gasteiger partial charge in [-0.1, -0.05) is 60.8 Å². The number of likely N-dealkylation sites (tertiary alicyclic amines) is 2. The van der Waals surface area contributed by atoms with Crippen LogP contribution in [0, 0.1) is 17.8 Å². The zero-order valence-corrected chi connectivity index (χ0v) is 54.9. The van der Waals surface area contributed by atoms with Crippen molar-refractivity contribution in [2.24, 2.45) is 29.2 Å². The Hall–Kier alpha value is -7.63. The van der Waals surface area contributed by atoms with Gasteiger partial charge in [-0.3, -0.25) is 62.3 Å². The number of imidazole rings is 1. The third kappa shape index (κ3) is 23.2. The number of hydrogen-bond donors (Lipinski definition) is 18. The molecule has 3 rings (SSSR count). The molecule has 2 aliphatic heterocycles. The van der Waals surface area contributed by atoms with Crippen LogP contribution in [0.15, 0.2) is 12.5 Å². The van der Waals surface area contributed by atoms with E-state index in [4.69, 9.17) is 11.5 Å². The van der Waals surface area contributed by atoms with Crippen LogP contribution in [-0.4, -0.2) is 234 Å². The molecular weight excluding hydrogens is 1240 g/mol. The SMILES string of the molecule is CC[C@H](C)[C@H](NC(=O)CNC(=O)[C@@H](N)CS)C(=O)N[C@@H](Cc1cnc[nH]1)C(=O)N[C@H](C(=O)N[C@@H](C)C(=O)N[C@@H](CO)C(=O)N[C@H](C(=O)N1CCC[C@H]1C(=O)N1CCC[C@H]1C(=O)N[C@H](C(=O)N[C@@H](CS)C(=O)N[C@@H](CCC(N)=O)C(=O)O)[C@@H](C)CC)[C@@H](C)CC)[C@@H](C)O. The minimum atomic E-state index is -1.77. The Bertz CT molecular complexity index is 2750. The van der Waals surface area contributed by atoms with Crippen LogP contribution in [0.2, 0.25) is 0 Å². The number of carbonyl (C=O) groups excluding carboxylic acids is 13. The van der Waals surface area contributed by atoms with E-state index in [1.807, 2.05) is 0 Å². The second kappa shape index (κ2) is 38.4. The zero-order chi connectivity index (χ0) is 69.3. The smallest absolute Gasteiger partial charge is 0.326 e. The Morgan fingerprint density at radius 2 is 1.13 bits per heavy atom. The van der Waals surface area contributed by atoms with E-state index >= 15 is 0 Å². The van der Waals surface area contributed by atoms with E-state index in [0.717, 1.165) is 0 Å². The largest absolute Gasteiger partial charge is 0.480 e. The number of carboxylic acid groups (broad SMARTS) is 1. The van der Waals surface area contributed by atoms with E-state index in [9.17, 15) is 82.4 Å². The fraction of sp³-hybridized carbons (Fsp3) is 0.702. The van der Waals surface area contributed by atoms with Gasteiger partial charge in [0.1, 0.15) is 66.5 Å². The molecule has 13 amide bonds. The lowest BCUT2D eigenvalue weighted by Gasteiger charge is -2.35. The van der Waals surface area contributed by atoms with Crippen LogP contribution in [0.5, 0.6) is 0 Å². The molecule has 35 heteroatoms. The maximum absolute atomic E-state index is 14.6. The molecule has 1 aromatic heterocycles. The van der Waals surface area contributed by atoms with E-state index in [1.165, 1.54) is 36.2 Å². The summed E-state index contributed by atoms with van der Waals surface area (Å²) in [6.45, 7) is 11.3. The second-order valence-electron chi connectivity index (χ2n) is 23.3. The molecule has 16 atom stereocenters. The Morgan fingerprint density at radius 1 is 0.620 bits per heavy atom. The molecule has 0 aliphatic carbocycles. The summed E-state index contributed by atoms with van der Waals surface area (Å²) in [5.41, 5.74) is 11.2. The van der Waals surface area contributed by atoms with Gasteiger partial charge in [0.2, 0.25) is 76.8 Å². The Kier molecular flexibility index (Phi) is 32.8. The number of hydrogen-bond acceptors (Lipinski definition) is 20. The highest BCUT2D eigenvalue weighted by atomic mass is 32.1. The topological polar surface area (TPSA) is 507 Å². The molecular formula is C57H94N16O17S2. The summed E-state index contributed by atoms with van der Waals surface area (Å²) >= 11 is 8.13. The normalized spacial score (nSPS) is 19.1. The van der Waals surface area contributed by atoms with Crippen LogP contribution in [0.1, 0.15) is 119 Å². The second-order valence-corrected chi connectivity index (χ2v) is 24.0. The van der Waals surface area contributed by atoms with E-state index in [-0.39, 0.29) is 56.7 Å². The van der Waals surface area contributed by atoms with Crippen molar-refractivity contribution in [1.29, 1.82) is 0 Å². The number of aliphatic hydroxyl groups is 2. The molecule has 92 heavy (non-hydrogen) atoms. The van der Waals surface area contributed by atoms with Crippen LogP contribution < -0.4 is 64.6 Å². The van der Waals surface area contributed by atoms with Gasteiger partial charge < -0.3 is 94.7 Å². The number of amides is 13. The number of nitrogens with one attached hydrogen (secondary N) is 11. The Labute approximate surface area is 544 Å². The highest BCUT2D eigenvalue weighted by Gasteiger charge is 2.46. The van der Waals surface area contributed by atoms with Gasteiger partial charge >= 0.3 is 5.97 Å². The maximum atomic E-state index is 14.6. The van der Waals surface area contributed by atoms with Gasteiger partial charge in [-0.15, -0.1) is 0 Å². The van der Waals surface area contributed by atoms with Crippen molar-refractivity contribution in [3.05, 3.63) is 18.2 Å². The van der Waals surface area contributed by atoms with Crippen LogP contribution in [0.4, 0.5) is 0 Å². The summed E-state index contributed by atoms with van der Waals surface area (Å²) in [5, 5.41) is 55.6. The summed E-state index contributed by atoms with van der Waals surface area (Å²) in [6.07, 6.45) is 2.39. The number of thiol groups is 2. The minimum absolute atomic E-state index is 0.00935. The van der Waals surface area contributed by atoms with Gasteiger partial charge in [0, 0.05) is 49.3 Å². The van der Waals surface area contributed by atoms with Crippen molar-refractivity contribution < 1.29 is 82.4 Å². The number of primary amides is 1. The molecule has 0 radical (unpaired) electrons. The van der Waals surface area contributed by atoms with Gasteiger partial charge in [-0.25, -0.2) is 9.78 Å². The third-order valence-electron chi connectivity index (χ3n) is 16.3. The number of carboxylic acids is 1. The van der Waals surface area contributed by atoms with Crippen molar-refractivity contribution >= 4 is 108 Å². The molecule has 18 N–H and O–H groups in total. The van der Waals surface area contributed by atoms with Crippen molar-refractivity contribution in [1.82, 2.24) is 72.9 Å². The maximum Gasteiger partial charge on any atom is 0.326 e. The molecule has 0 spiro atoms. The summed E-state index contributed by atoms with van der Waals surface area (Å²) in [6, 6.07) is -16.3. The lowest BCUT2D eigenvalue weighted by molar-refractivity contribution is -0.149. The van der Waals surface area contributed by atoms with Gasteiger partial charge in [0.05, 0.1) is 31.6 Å². The number of nitrogens with zero attached hydrogens (tertiary/aromatic N) is 3. The first-order chi connectivity index (χ1) is 43.4. The van der Waals surface area contributed by atoms with Crippen molar-refractivity contribution in [2.75, 3.05) is 37.7 Å². The number of nitrogens with two attached hydrogens (primary N) is 2. The molecule has 0 bridgehead atoms. The predicted octanol–water partition coefficient (Wildman–Crippen LogP) is -5.52. The molecule has 516 valence electrons. The Balaban J connectivity index is 1.73. The van der Waals surface area contributed by atoms with Crippen LogP contribution in [0.3, 0.4) is 0 Å². The molecule has 2 fully saturated rings. The molecule has 0 saturated carbocycles. The fourth-order valence-corrected chi connectivity index (χ4v) is 10.5. The van der Waals surface area contributed by atoms with Crippen molar-refractivity contribution in [2.45, 2.75) is 198 Å². The third-order valence-corrected chi connectivity index (χ3v) is 17.1. The summed E-state index contributed by atoms with van der Waals surface area (Å²) in [5.74, 6) is -14.1. The minimum Gasteiger partial charge on any atom is -0.480 e. The van der Waals surface area contributed by atoms with E-state index in [0.29, 0.717) is 37.8 Å². The molecule has 0 unspecified atom stereocenters. The number of aromatic nitrogens is 2. The number of H-pyrrole nitrogens is 1. The lowest BCUT2D eigenvalue weighted by atomic mass is 9.96. The predicted molar refractivity (Wildman–Crippen MR) is 337 cm³/mol. The first kappa shape index (κ1) is 78.6. The van der Waals surface area contributed by atoms with E-state index in [1.54, 1.807) is 41.5 Å². The van der Waals surface area contributed by atoms with Crippen molar-refractivity contribution in [3.8, 4) is 0 Å². The molecule has 2 aliphatic rings. The van der Waals surface area contributed by atoms with E-state index < -0.39 is 192 Å². The monoisotopic (exact) mass is 1340 g/mol. The van der Waals surface area contributed by atoms with Gasteiger partial charge in [-0.05, 0) is 63.7 Å². The average Bonchev–Trinajstić information content (AvgIpc) is 1.78. The van der Waals surface area contributed by atoms with Gasteiger partial charge in [0.25, 0.3) is 0 Å². The van der Waals surface area contributed by atoms with Gasteiger partial charge in [0.15, 0.2) is 0 Å². The number of aromatic amines is 1. The standard InChI is InChI=1S/C57H94N16O17S2/c1-9-27(4)42(68-41(77)22-61-47(79)33(58)24-91)52(84)65-35(20-32-21-60-26-62-32)48(80)71-45(31(8)75)54(86)63-30(7)46(78)66-36(23-74)49(81)70-44(29(6)11-3)56(88)73-19-13-15-39(73)55(87)72-18-12-14-38(72)51(83)69-43(28(5)10-2)53(85)67-37(25-92)50(82)64-34(57(89)90)16-17-40(59)76/h21,26-31,33-39,42-45,74-75,91-92H,9-20,22-25,58H2,1-8H3,(H2,59,76)(H,60,62)(H,61,79)(H,63,86)(H,64,82)(H,65,84)(H,66,78)(H,67,85)(H,68,77)(H,69,83)(H,70,81)(H,71,80)(H,89,90)/t27-,28-,29-,30-,31+,33-,34-,35-,36-,37-,38-,39-,42-,43-,44-,45-/m0/s1. The lowest BCUT2D eigenvalue weighted by Crippen LogP contribution is -2.62. The summed E-state index contributed by atoms with van der Waals surface area (Å²) in [4.78, 5) is 197. The zero-order valence-electron chi connectivity index (χ0n) is 53.2. The summed E-state index contributed by atoms with van der Waals surface area (Å²) in [7, 11) is 0. The van der Waals surface area contributed by atoms with Crippen molar-refractivity contribution in [3.63, 3.8) is 0 Å². The fourth-order valence-electron chi connectivity index (χ4n) is 10.0. The first-order valence-corrected chi connectivity index (χ1v) is 32.0. The highest BCUT2D eigenvalue weighted by Crippen LogP contribution is 2.27. The van der Waals surface area contributed by atoms with Crippen LogP contribution >= 0.6 is 25.3 Å². The number of aliphatic hydroxyl groups excluding tert-OH is 2. The Morgan fingerprint density at radius 3 is 1.66 bits per heavy atom. The molecule has 1 aromatic rings. The van der Waals surface area contributed by atoms with Crippen LogP contribution in [-0.2, 0) is 73.5 Å². The quantitative estimate of drug-likeness (QED) is 0.0275. The van der Waals surface area contributed by atoms with Gasteiger partial charge in [-0.2, -0.15) is 25.3 Å².